The second-order valence-electron chi connectivity index (χ2n) is 5.87. The first-order valence-electron chi connectivity index (χ1n) is 7.47. The third-order valence-electron chi connectivity index (χ3n) is 4.65. The Balaban J connectivity index is 1.75. The molecule has 2 atom stereocenters. The van der Waals surface area contributed by atoms with Crippen molar-refractivity contribution < 1.29 is 18.7 Å². The van der Waals surface area contributed by atoms with Crippen LogP contribution in [0.3, 0.4) is 0 Å². The van der Waals surface area contributed by atoms with E-state index in [4.69, 9.17) is 21.1 Å². The van der Waals surface area contributed by atoms with Crippen LogP contribution in [0.25, 0.3) is 0 Å². The monoisotopic (exact) mass is 327 g/mol. The van der Waals surface area contributed by atoms with Crippen LogP contribution in [-0.4, -0.2) is 49.3 Å². The first-order chi connectivity index (χ1) is 10.6. The number of nitrogens with zero attached hydrogens (tertiary/aromatic N) is 1. The molecule has 1 amide bonds. The number of methoxy groups -OCH3 is 1. The van der Waals surface area contributed by atoms with Crippen LogP contribution >= 0.6 is 11.6 Å². The number of benzene rings is 1. The summed E-state index contributed by atoms with van der Waals surface area (Å²) < 4.78 is 24.7. The number of rotatable bonds is 2. The minimum atomic E-state index is -0.523. The van der Waals surface area contributed by atoms with Crippen LogP contribution < -0.4 is 0 Å². The number of hydrogen-bond donors (Lipinski definition) is 0. The molecule has 2 aliphatic rings. The molecule has 0 bridgehead atoms. The maximum Gasteiger partial charge on any atom is 0.254 e. The van der Waals surface area contributed by atoms with Gasteiger partial charge in [-0.3, -0.25) is 4.79 Å². The number of hydrogen-bond acceptors (Lipinski definition) is 3. The van der Waals surface area contributed by atoms with Gasteiger partial charge < -0.3 is 14.4 Å². The van der Waals surface area contributed by atoms with Gasteiger partial charge in [-0.15, -0.1) is 0 Å². The van der Waals surface area contributed by atoms with Gasteiger partial charge in [0.05, 0.1) is 10.6 Å². The molecule has 2 saturated heterocycles. The quantitative estimate of drug-likeness (QED) is 0.838. The third-order valence-corrected chi connectivity index (χ3v) is 4.94. The van der Waals surface area contributed by atoms with Crippen molar-refractivity contribution >= 4 is 17.5 Å². The first kappa shape index (κ1) is 15.7. The smallest absolute Gasteiger partial charge is 0.254 e. The highest BCUT2D eigenvalue weighted by molar-refractivity contribution is 6.31. The van der Waals surface area contributed by atoms with Crippen molar-refractivity contribution in [2.24, 2.45) is 0 Å². The average Bonchev–Trinajstić information content (AvgIpc) is 2.99. The number of carbonyl (C=O) groups excluding carboxylic acids is 1. The number of amides is 1. The Morgan fingerprint density at radius 1 is 1.50 bits per heavy atom. The fourth-order valence-corrected chi connectivity index (χ4v) is 3.58. The second kappa shape index (κ2) is 6.14. The van der Waals surface area contributed by atoms with E-state index in [-0.39, 0.29) is 22.6 Å². The van der Waals surface area contributed by atoms with Crippen LogP contribution in [-0.2, 0) is 9.47 Å². The van der Waals surface area contributed by atoms with Gasteiger partial charge in [0.1, 0.15) is 11.9 Å². The standard InChI is InChI=1S/C16H19ClFNO3/c1-21-14-10-19(7-6-16(14)5-2-8-22-16)15(20)11-3-4-13(18)12(17)9-11/h3-4,9,14H,2,5-8,10H2,1H3/t14-,16-/m0/s1. The summed E-state index contributed by atoms with van der Waals surface area (Å²) in [7, 11) is 1.65. The summed E-state index contributed by atoms with van der Waals surface area (Å²) in [5.41, 5.74) is 0.135. The van der Waals surface area contributed by atoms with Crippen molar-refractivity contribution in [3.63, 3.8) is 0 Å². The molecule has 1 spiro atoms. The number of halogens is 2. The summed E-state index contributed by atoms with van der Waals surface area (Å²) in [5, 5.41) is -0.0400. The van der Waals surface area contributed by atoms with Gasteiger partial charge in [-0.05, 0) is 37.5 Å². The predicted octanol–water partition coefficient (Wildman–Crippen LogP) is 2.89. The molecule has 1 aromatic carbocycles. The van der Waals surface area contributed by atoms with Gasteiger partial charge in [0.25, 0.3) is 5.91 Å². The van der Waals surface area contributed by atoms with Crippen molar-refractivity contribution in [2.75, 3.05) is 26.8 Å². The number of piperidine rings is 1. The van der Waals surface area contributed by atoms with Crippen LogP contribution in [0.5, 0.6) is 0 Å². The summed E-state index contributed by atoms with van der Waals surface area (Å²) in [6, 6.07) is 4.05. The maximum absolute atomic E-state index is 13.2. The molecule has 0 aliphatic carbocycles. The molecule has 2 fully saturated rings. The van der Waals surface area contributed by atoms with Gasteiger partial charge in [0.15, 0.2) is 0 Å². The lowest BCUT2D eigenvalue weighted by Gasteiger charge is -2.44. The Kier molecular flexibility index (Phi) is 4.39. The normalized spacial score (nSPS) is 28.3. The molecule has 3 rings (SSSR count). The Morgan fingerprint density at radius 3 is 2.95 bits per heavy atom. The highest BCUT2D eigenvalue weighted by Gasteiger charge is 2.47. The molecule has 22 heavy (non-hydrogen) atoms. The highest BCUT2D eigenvalue weighted by Crippen LogP contribution is 2.37. The minimum absolute atomic E-state index is 0.0400. The zero-order valence-corrected chi connectivity index (χ0v) is 13.2. The van der Waals surface area contributed by atoms with Crippen LogP contribution in [0.4, 0.5) is 4.39 Å². The average molecular weight is 328 g/mol. The zero-order valence-electron chi connectivity index (χ0n) is 12.5. The fraction of sp³-hybridized carbons (Fsp3) is 0.562. The molecule has 0 N–H and O–H groups in total. The predicted molar refractivity (Wildman–Crippen MR) is 80.6 cm³/mol. The lowest BCUT2D eigenvalue weighted by molar-refractivity contribution is -0.136. The van der Waals surface area contributed by atoms with E-state index in [1.807, 2.05) is 0 Å². The summed E-state index contributed by atoms with van der Waals surface area (Å²) in [6.45, 7) is 1.83. The van der Waals surface area contributed by atoms with E-state index in [1.54, 1.807) is 12.0 Å². The van der Waals surface area contributed by atoms with Crippen molar-refractivity contribution in [2.45, 2.75) is 31.0 Å². The van der Waals surface area contributed by atoms with Crippen molar-refractivity contribution in [3.8, 4) is 0 Å². The van der Waals surface area contributed by atoms with E-state index >= 15 is 0 Å². The molecule has 0 saturated carbocycles. The summed E-state index contributed by atoms with van der Waals surface area (Å²) >= 11 is 5.76. The van der Waals surface area contributed by atoms with Gasteiger partial charge in [-0.25, -0.2) is 4.39 Å². The fourth-order valence-electron chi connectivity index (χ4n) is 3.40. The van der Waals surface area contributed by atoms with E-state index in [0.717, 1.165) is 25.9 Å². The SMILES string of the molecule is CO[C@H]1CN(C(=O)c2ccc(F)c(Cl)c2)CC[C@@]12CCCO2. The summed E-state index contributed by atoms with van der Waals surface area (Å²) in [5.74, 6) is -0.679. The molecule has 120 valence electrons. The van der Waals surface area contributed by atoms with E-state index in [0.29, 0.717) is 18.7 Å². The molecule has 0 radical (unpaired) electrons. The largest absolute Gasteiger partial charge is 0.377 e. The first-order valence-corrected chi connectivity index (χ1v) is 7.84. The van der Waals surface area contributed by atoms with Gasteiger partial charge in [-0.1, -0.05) is 11.6 Å². The van der Waals surface area contributed by atoms with E-state index < -0.39 is 5.82 Å². The van der Waals surface area contributed by atoms with Crippen molar-refractivity contribution in [1.29, 1.82) is 0 Å². The molecule has 4 nitrogen and oxygen atoms in total. The molecule has 2 aliphatic heterocycles. The molecule has 1 aromatic rings. The topological polar surface area (TPSA) is 38.8 Å². The third kappa shape index (κ3) is 2.73. The van der Waals surface area contributed by atoms with Crippen LogP contribution in [0.1, 0.15) is 29.6 Å². The van der Waals surface area contributed by atoms with E-state index in [9.17, 15) is 9.18 Å². The van der Waals surface area contributed by atoms with Crippen LogP contribution in [0.2, 0.25) is 5.02 Å². The van der Waals surface area contributed by atoms with Crippen LogP contribution in [0.15, 0.2) is 18.2 Å². The van der Waals surface area contributed by atoms with Crippen molar-refractivity contribution in [1.82, 2.24) is 4.90 Å². The Bertz CT molecular complexity index is 575. The Hall–Kier alpha value is -1.17. The molecular formula is C16H19ClFNO3. The Labute approximate surface area is 134 Å². The molecule has 0 unspecified atom stereocenters. The molecular weight excluding hydrogens is 309 g/mol. The van der Waals surface area contributed by atoms with Crippen molar-refractivity contribution in [3.05, 3.63) is 34.6 Å². The lowest BCUT2D eigenvalue weighted by atomic mass is 9.85. The Morgan fingerprint density at radius 2 is 2.32 bits per heavy atom. The lowest BCUT2D eigenvalue weighted by Crippen LogP contribution is -2.57. The number of ether oxygens (including phenoxy) is 2. The van der Waals surface area contributed by atoms with Gasteiger partial charge in [-0.2, -0.15) is 0 Å². The highest BCUT2D eigenvalue weighted by atomic mass is 35.5. The minimum Gasteiger partial charge on any atom is -0.377 e. The molecule has 2 heterocycles. The number of likely N-dealkylation sites (tertiary alicyclic amines) is 1. The van der Waals surface area contributed by atoms with E-state index in [1.165, 1.54) is 18.2 Å². The van der Waals surface area contributed by atoms with Gasteiger partial charge in [0.2, 0.25) is 0 Å². The second-order valence-corrected chi connectivity index (χ2v) is 6.28. The molecule has 0 aromatic heterocycles. The van der Waals surface area contributed by atoms with Gasteiger partial charge >= 0.3 is 0 Å². The summed E-state index contributed by atoms with van der Waals surface area (Å²) in [6.07, 6.45) is 2.62. The zero-order chi connectivity index (χ0) is 15.7. The summed E-state index contributed by atoms with van der Waals surface area (Å²) in [4.78, 5) is 14.3. The molecule has 6 heteroatoms. The van der Waals surface area contributed by atoms with Crippen LogP contribution in [0, 0.1) is 5.82 Å². The maximum atomic E-state index is 13.2. The van der Waals surface area contributed by atoms with E-state index in [2.05, 4.69) is 0 Å². The van der Waals surface area contributed by atoms with Gasteiger partial charge in [0, 0.05) is 32.4 Å². The number of carbonyl (C=O) groups is 1.